The van der Waals surface area contributed by atoms with E-state index in [9.17, 15) is 9.90 Å². The van der Waals surface area contributed by atoms with Gasteiger partial charge in [-0.1, -0.05) is 30.3 Å². The van der Waals surface area contributed by atoms with Gasteiger partial charge < -0.3 is 15.2 Å². The van der Waals surface area contributed by atoms with Crippen LogP contribution in [0.2, 0.25) is 0 Å². The Morgan fingerprint density at radius 2 is 2.00 bits per heavy atom. The van der Waals surface area contributed by atoms with E-state index >= 15 is 0 Å². The Morgan fingerprint density at radius 3 is 2.84 bits per heavy atom. The quantitative estimate of drug-likeness (QED) is 0.771. The number of anilines is 1. The summed E-state index contributed by atoms with van der Waals surface area (Å²) in [5.74, 6) is 0.235. The first kappa shape index (κ1) is 15.4. The third-order valence-electron chi connectivity index (χ3n) is 4.17. The standard InChI is InChI=1S/C19H17N3O3/c23-17-10-12-25-18-14(17)7-4-8-15(18)21-19(24)16-9-11-20-22(16)13-5-2-1-3-6-13/h1-9,11,17,23H,10,12H2,(H,21,24)/t17-/m1/s1. The van der Waals surface area contributed by atoms with Gasteiger partial charge >= 0.3 is 0 Å². The van der Waals surface area contributed by atoms with E-state index in [4.69, 9.17) is 4.74 Å². The van der Waals surface area contributed by atoms with Crippen LogP contribution in [0.4, 0.5) is 5.69 Å². The van der Waals surface area contributed by atoms with Gasteiger partial charge in [-0.25, -0.2) is 4.68 Å². The molecule has 1 aliphatic heterocycles. The van der Waals surface area contributed by atoms with Crippen molar-refractivity contribution in [1.29, 1.82) is 0 Å². The molecule has 1 amide bonds. The lowest BCUT2D eigenvalue weighted by atomic mass is 10.0. The van der Waals surface area contributed by atoms with Crippen molar-refractivity contribution in [1.82, 2.24) is 9.78 Å². The first-order valence-electron chi connectivity index (χ1n) is 8.08. The number of carbonyl (C=O) groups excluding carboxylic acids is 1. The van der Waals surface area contributed by atoms with Gasteiger partial charge in [-0.05, 0) is 24.3 Å². The number of para-hydroxylation sites is 2. The Morgan fingerprint density at radius 1 is 1.16 bits per heavy atom. The maximum atomic E-state index is 12.7. The van der Waals surface area contributed by atoms with Crippen LogP contribution >= 0.6 is 0 Å². The first-order chi connectivity index (χ1) is 12.2. The average Bonchev–Trinajstić information content (AvgIpc) is 3.13. The van der Waals surface area contributed by atoms with Crippen LogP contribution < -0.4 is 10.1 Å². The van der Waals surface area contributed by atoms with E-state index < -0.39 is 6.10 Å². The normalized spacial score (nSPS) is 16.0. The van der Waals surface area contributed by atoms with E-state index in [1.54, 1.807) is 29.1 Å². The van der Waals surface area contributed by atoms with Crippen molar-refractivity contribution in [3.05, 3.63) is 72.1 Å². The van der Waals surface area contributed by atoms with Crippen molar-refractivity contribution in [2.24, 2.45) is 0 Å². The molecule has 0 unspecified atom stereocenters. The van der Waals surface area contributed by atoms with Crippen LogP contribution in [-0.2, 0) is 0 Å². The van der Waals surface area contributed by atoms with Gasteiger partial charge in [0.2, 0.25) is 0 Å². The number of hydrogen-bond donors (Lipinski definition) is 2. The summed E-state index contributed by atoms with van der Waals surface area (Å²) in [4.78, 5) is 12.7. The van der Waals surface area contributed by atoms with Crippen LogP contribution in [-0.4, -0.2) is 27.4 Å². The van der Waals surface area contributed by atoms with Gasteiger partial charge in [0.15, 0.2) is 0 Å². The van der Waals surface area contributed by atoms with E-state index in [0.29, 0.717) is 35.7 Å². The Bertz CT molecular complexity index is 905. The number of aliphatic hydroxyl groups is 1. The monoisotopic (exact) mass is 335 g/mol. The van der Waals surface area contributed by atoms with Gasteiger partial charge in [0.25, 0.3) is 5.91 Å². The van der Waals surface area contributed by atoms with Gasteiger partial charge in [-0.2, -0.15) is 5.10 Å². The minimum absolute atomic E-state index is 0.293. The summed E-state index contributed by atoms with van der Waals surface area (Å²) in [6, 6.07) is 16.5. The lowest BCUT2D eigenvalue weighted by Crippen LogP contribution is -2.20. The predicted octanol–water partition coefficient (Wildman–Crippen LogP) is 2.94. The van der Waals surface area contributed by atoms with Crippen molar-refractivity contribution in [3.63, 3.8) is 0 Å². The molecule has 2 heterocycles. The SMILES string of the molecule is O=C(Nc1cccc2c1OCC[C@H]2O)c1ccnn1-c1ccccc1. The molecule has 2 aromatic carbocycles. The molecular formula is C19H17N3O3. The summed E-state index contributed by atoms with van der Waals surface area (Å²) in [6.45, 7) is 0.420. The molecule has 1 atom stereocenters. The number of fused-ring (bicyclic) bond motifs is 1. The van der Waals surface area contributed by atoms with Crippen molar-refractivity contribution in [3.8, 4) is 11.4 Å². The van der Waals surface area contributed by atoms with Crippen molar-refractivity contribution in [2.45, 2.75) is 12.5 Å². The van der Waals surface area contributed by atoms with E-state index in [0.717, 1.165) is 5.69 Å². The van der Waals surface area contributed by atoms with Crippen LogP contribution in [0.5, 0.6) is 5.75 Å². The van der Waals surface area contributed by atoms with E-state index in [1.165, 1.54) is 0 Å². The zero-order chi connectivity index (χ0) is 17.2. The molecule has 0 bridgehead atoms. The number of aliphatic hydroxyl groups excluding tert-OH is 1. The minimum Gasteiger partial charge on any atom is -0.491 e. The molecule has 1 aromatic heterocycles. The molecule has 4 rings (SSSR count). The molecule has 0 spiro atoms. The van der Waals surface area contributed by atoms with Crippen molar-refractivity contribution in [2.75, 3.05) is 11.9 Å². The van der Waals surface area contributed by atoms with E-state index in [2.05, 4.69) is 10.4 Å². The minimum atomic E-state index is -0.574. The van der Waals surface area contributed by atoms with Gasteiger partial charge in [-0.15, -0.1) is 0 Å². The highest BCUT2D eigenvalue weighted by atomic mass is 16.5. The molecule has 3 aromatic rings. The Balaban J connectivity index is 1.65. The maximum absolute atomic E-state index is 12.7. The first-order valence-corrected chi connectivity index (χ1v) is 8.08. The second-order valence-electron chi connectivity index (χ2n) is 5.79. The molecule has 0 saturated heterocycles. The second kappa shape index (κ2) is 6.41. The Hall–Kier alpha value is -3.12. The number of ether oxygens (including phenoxy) is 1. The van der Waals surface area contributed by atoms with Gasteiger partial charge in [0.05, 0.1) is 30.3 Å². The van der Waals surface area contributed by atoms with Gasteiger partial charge in [-0.3, -0.25) is 4.79 Å². The number of aromatic nitrogens is 2. The maximum Gasteiger partial charge on any atom is 0.274 e. The summed E-state index contributed by atoms with van der Waals surface area (Å²) >= 11 is 0. The summed E-state index contributed by atoms with van der Waals surface area (Å²) in [5, 5.41) is 17.2. The van der Waals surface area contributed by atoms with Crippen LogP contribution in [0.15, 0.2) is 60.8 Å². The topological polar surface area (TPSA) is 76.4 Å². The number of hydrogen-bond acceptors (Lipinski definition) is 4. The van der Waals surface area contributed by atoms with Crippen molar-refractivity contribution < 1.29 is 14.6 Å². The molecule has 6 nitrogen and oxygen atoms in total. The van der Waals surface area contributed by atoms with Crippen LogP contribution in [0.25, 0.3) is 5.69 Å². The lowest BCUT2D eigenvalue weighted by Gasteiger charge is -2.24. The predicted molar refractivity (Wildman–Crippen MR) is 93.0 cm³/mol. The smallest absolute Gasteiger partial charge is 0.274 e. The molecule has 6 heteroatoms. The molecule has 0 radical (unpaired) electrons. The number of amides is 1. The molecule has 25 heavy (non-hydrogen) atoms. The number of benzene rings is 2. The second-order valence-corrected chi connectivity index (χ2v) is 5.79. The van der Waals surface area contributed by atoms with E-state index in [-0.39, 0.29) is 5.91 Å². The van der Waals surface area contributed by atoms with Gasteiger partial charge in [0, 0.05) is 12.0 Å². The molecule has 0 saturated carbocycles. The van der Waals surface area contributed by atoms with Crippen LogP contribution in [0.1, 0.15) is 28.6 Å². The highest BCUT2D eigenvalue weighted by molar-refractivity contribution is 6.04. The van der Waals surface area contributed by atoms with Crippen LogP contribution in [0, 0.1) is 0 Å². The fourth-order valence-electron chi connectivity index (χ4n) is 2.94. The Labute approximate surface area is 144 Å². The summed E-state index contributed by atoms with van der Waals surface area (Å²) < 4.78 is 7.24. The molecule has 2 N–H and O–H groups in total. The van der Waals surface area contributed by atoms with E-state index in [1.807, 2.05) is 36.4 Å². The zero-order valence-corrected chi connectivity index (χ0v) is 13.4. The van der Waals surface area contributed by atoms with Crippen molar-refractivity contribution >= 4 is 11.6 Å². The largest absolute Gasteiger partial charge is 0.491 e. The summed E-state index contributed by atoms with van der Waals surface area (Å²) in [5.41, 5.74) is 2.46. The van der Waals surface area contributed by atoms with Crippen LogP contribution in [0.3, 0.4) is 0 Å². The number of nitrogens with zero attached hydrogens (tertiary/aromatic N) is 2. The molecular weight excluding hydrogens is 318 g/mol. The molecule has 1 aliphatic rings. The third-order valence-corrected chi connectivity index (χ3v) is 4.17. The Kier molecular flexibility index (Phi) is 3.95. The molecule has 0 aliphatic carbocycles. The average molecular weight is 335 g/mol. The fourth-order valence-corrected chi connectivity index (χ4v) is 2.94. The number of nitrogens with one attached hydrogen (secondary N) is 1. The lowest BCUT2D eigenvalue weighted by molar-refractivity contribution is 0.101. The summed E-state index contributed by atoms with van der Waals surface area (Å²) in [6.07, 6.45) is 1.56. The highest BCUT2D eigenvalue weighted by Crippen LogP contribution is 2.38. The zero-order valence-electron chi connectivity index (χ0n) is 13.4. The fraction of sp³-hybridized carbons (Fsp3) is 0.158. The summed E-state index contributed by atoms with van der Waals surface area (Å²) in [7, 11) is 0. The molecule has 0 fully saturated rings. The highest BCUT2D eigenvalue weighted by Gasteiger charge is 2.23. The van der Waals surface area contributed by atoms with Gasteiger partial charge in [0.1, 0.15) is 11.4 Å². The number of carbonyl (C=O) groups is 1. The molecule has 126 valence electrons. The third kappa shape index (κ3) is 2.88. The number of rotatable bonds is 3.